The molecule has 0 heterocycles. The minimum atomic E-state index is -0.180. The second-order valence-corrected chi connectivity index (χ2v) is 7.70. The lowest BCUT2D eigenvalue weighted by atomic mass is 10.0. The molecule has 0 unspecified atom stereocenters. The van der Waals surface area contributed by atoms with Gasteiger partial charge in [0, 0.05) is 11.1 Å². The third-order valence-corrected chi connectivity index (χ3v) is 4.80. The molecule has 0 saturated carbocycles. The fourth-order valence-electron chi connectivity index (χ4n) is 3.00. The van der Waals surface area contributed by atoms with Gasteiger partial charge in [-0.15, -0.1) is 5.10 Å². The van der Waals surface area contributed by atoms with Gasteiger partial charge in [-0.3, -0.25) is 4.79 Å². The average molecular weight is 429 g/mol. The minimum absolute atomic E-state index is 0.180. The Morgan fingerprint density at radius 3 is 2.19 bits per heavy atom. The Balaban J connectivity index is 1.83. The standard InChI is InChI=1S/C27H28N2O3/c1-20(2)16-17-32-24-15-14-21(18-25(24)31-3)19-28-29-26(22-10-6-4-7-11-22)27(30)23-12-8-5-9-13-23/h4-15,18-20H,16-17H2,1-3H3. The van der Waals surface area contributed by atoms with Crippen molar-refractivity contribution in [1.82, 2.24) is 0 Å². The maximum atomic E-state index is 13.0. The molecule has 0 bridgehead atoms. The monoisotopic (exact) mass is 428 g/mol. The van der Waals surface area contributed by atoms with Crippen LogP contribution >= 0.6 is 0 Å². The first kappa shape index (κ1) is 22.9. The second kappa shape index (κ2) is 11.6. The van der Waals surface area contributed by atoms with Crippen LogP contribution in [0, 0.1) is 5.92 Å². The van der Waals surface area contributed by atoms with Gasteiger partial charge >= 0.3 is 0 Å². The molecule has 3 aromatic carbocycles. The maximum Gasteiger partial charge on any atom is 0.213 e. The number of carbonyl (C=O) groups excluding carboxylic acids is 1. The normalized spacial score (nSPS) is 11.7. The minimum Gasteiger partial charge on any atom is -0.493 e. The van der Waals surface area contributed by atoms with Crippen molar-refractivity contribution in [3.8, 4) is 11.5 Å². The van der Waals surface area contributed by atoms with E-state index in [0.717, 1.165) is 12.0 Å². The van der Waals surface area contributed by atoms with Crippen LogP contribution in [-0.2, 0) is 0 Å². The van der Waals surface area contributed by atoms with Crippen LogP contribution < -0.4 is 9.47 Å². The van der Waals surface area contributed by atoms with E-state index in [9.17, 15) is 4.79 Å². The molecule has 0 aliphatic heterocycles. The Kier molecular flexibility index (Phi) is 8.32. The summed E-state index contributed by atoms with van der Waals surface area (Å²) in [4.78, 5) is 13.0. The van der Waals surface area contributed by atoms with E-state index in [1.807, 2.05) is 66.7 Å². The number of carbonyl (C=O) groups is 1. The summed E-state index contributed by atoms with van der Waals surface area (Å²) in [7, 11) is 1.61. The van der Waals surface area contributed by atoms with Gasteiger partial charge in [-0.05, 0) is 36.1 Å². The van der Waals surface area contributed by atoms with E-state index in [0.29, 0.717) is 35.2 Å². The Morgan fingerprint density at radius 2 is 1.56 bits per heavy atom. The molecular weight excluding hydrogens is 400 g/mol. The Labute approximate surface area is 189 Å². The lowest BCUT2D eigenvalue weighted by Gasteiger charge is -2.12. The van der Waals surface area contributed by atoms with E-state index in [1.54, 1.807) is 25.5 Å². The molecule has 32 heavy (non-hydrogen) atoms. The van der Waals surface area contributed by atoms with E-state index in [1.165, 1.54) is 0 Å². The molecule has 0 aliphatic carbocycles. The fourth-order valence-corrected chi connectivity index (χ4v) is 3.00. The molecule has 0 spiro atoms. The molecule has 3 rings (SSSR count). The number of benzene rings is 3. The average Bonchev–Trinajstić information content (AvgIpc) is 2.83. The molecule has 5 nitrogen and oxygen atoms in total. The molecule has 164 valence electrons. The summed E-state index contributed by atoms with van der Waals surface area (Å²) in [5, 5.41) is 8.48. The van der Waals surface area contributed by atoms with Gasteiger partial charge in [0.1, 0.15) is 5.71 Å². The molecule has 5 heteroatoms. The highest BCUT2D eigenvalue weighted by molar-refractivity contribution is 6.51. The second-order valence-electron chi connectivity index (χ2n) is 7.70. The predicted octanol–water partition coefficient (Wildman–Crippen LogP) is 5.83. The zero-order chi connectivity index (χ0) is 22.8. The van der Waals surface area contributed by atoms with Crippen molar-refractivity contribution in [2.75, 3.05) is 13.7 Å². The quantitative estimate of drug-likeness (QED) is 0.232. The summed E-state index contributed by atoms with van der Waals surface area (Å²) < 4.78 is 11.3. The van der Waals surface area contributed by atoms with E-state index in [2.05, 4.69) is 24.1 Å². The number of ether oxygens (including phenoxy) is 2. The molecule has 0 aromatic heterocycles. The molecule has 0 aliphatic rings. The summed E-state index contributed by atoms with van der Waals surface area (Å²) in [6, 6.07) is 24.0. The fraction of sp³-hybridized carbons (Fsp3) is 0.222. The van der Waals surface area contributed by atoms with Crippen LogP contribution in [0.4, 0.5) is 0 Å². The third kappa shape index (κ3) is 6.38. The number of ketones is 1. The maximum absolute atomic E-state index is 13.0. The van der Waals surface area contributed by atoms with Crippen LogP contribution in [0.15, 0.2) is 89.1 Å². The first-order valence-electron chi connectivity index (χ1n) is 10.7. The van der Waals surface area contributed by atoms with Gasteiger partial charge < -0.3 is 9.47 Å². The van der Waals surface area contributed by atoms with Gasteiger partial charge in [0.2, 0.25) is 5.78 Å². The van der Waals surface area contributed by atoms with Crippen molar-refractivity contribution in [3.05, 3.63) is 95.6 Å². The van der Waals surface area contributed by atoms with Crippen molar-refractivity contribution in [3.63, 3.8) is 0 Å². The number of rotatable bonds is 10. The summed E-state index contributed by atoms with van der Waals surface area (Å²) >= 11 is 0. The predicted molar refractivity (Wildman–Crippen MR) is 129 cm³/mol. The van der Waals surface area contributed by atoms with E-state index in [-0.39, 0.29) is 11.5 Å². The van der Waals surface area contributed by atoms with Crippen LogP contribution in [-0.4, -0.2) is 31.4 Å². The van der Waals surface area contributed by atoms with Gasteiger partial charge in [-0.25, -0.2) is 0 Å². The molecule has 3 aromatic rings. The first-order valence-corrected chi connectivity index (χ1v) is 10.7. The van der Waals surface area contributed by atoms with Crippen molar-refractivity contribution in [2.45, 2.75) is 20.3 Å². The van der Waals surface area contributed by atoms with Crippen molar-refractivity contribution >= 4 is 17.7 Å². The molecule has 0 saturated heterocycles. The lowest BCUT2D eigenvalue weighted by molar-refractivity contribution is 0.106. The van der Waals surface area contributed by atoms with E-state index >= 15 is 0 Å². The van der Waals surface area contributed by atoms with Gasteiger partial charge in [0.25, 0.3) is 0 Å². The molecule has 0 N–H and O–H groups in total. The zero-order valence-corrected chi connectivity index (χ0v) is 18.7. The number of nitrogens with zero attached hydrogens (tertiary/aromatic N) is 2. The molecular formula is C27H28N2O3. The van der Waals surface area contributed by atoms with Crippen LogP contribution in [0.5, 0.6) is 11.5 Å². The Hall–Kier alpha value is -3.73. The highest BCUT2D eigenvalue weighted by Crippen LogP contribution is 2.28. The van der Waals surface area contributed by atoms with Crippen LogP contribution in [0.2, 0.25) is 0 Å². The van der Waals surface area contributed by atoms with E-state index < -0.39 is 0 Å². The van der Waals surface area contributed by atoms with Crippen molar-refractivity contribution in [1.29, 1.82) is 0 Å². The first-order chi connectivity index (χ1) is 15.6. The zero-order valence-electron chi connectivity index (χ0n) is 18.7. The SMILES string of the molecule is COc1cc(C=NN=C(C(=O)c2ccccc2)c2ccccc2)ccc1OCCC(C)C. The molecule has 0 radical (unpaired) electrons. The highest BCUT2D eigenvalue weighted by atomic mass is 16.5. The summed E-state index contributed by atoms with van der Waals surface area (Å²) in [6.07, 6.45) is 2.57. The number of hydrogen-bond donors (Lipinski definition) is 0. The van der Waals surface area contributed by atoms with Gasteiger partial charge in [0.05, 0.1) is 19.9 Å². The van der Waals surface area contributed by atoms with Crippen LogP contribution in [0.25, 0.3) is 0 Å². The molecule has 0 atom stereocenters. The smallest absolute Gasteiger partial charge is 0.213 e. The van der Waals surface area contributed by atoms with Gasteiger partial charge in [-0.2, -0.15) is 5.10 Å². The molecule has 0 fully saturated rings. The van der Waals surface area contributed by atoms with Crippen molar-refractivity contribution in [2.24, 2.45) is 16.1 Å². The Morgan fingerprint density at radius 1 is 0.906 bits per heavy atom. The summed E-state index contributed by atoms with van der Waals surface area (Å²) in [5.41, 5.74) is 2.36. The number of methoxy groups -OCH3 is 1. The summed E-state index contributed by atoms with van der Waals surface area (Å²) in [6.45, 7) is 4.95. The lowest BCUT2D eigenvalue weighted by Crippen LogP contribution is -2.15. The Bertz CT molecular complexity index is 1070. The summed E-state index contributed by atoms with van der Waals surface area (Å²) in [5.74, 6) is 1.71. The highest BCUT2D eigenvalue weighted by Gasteiger charge is 2.16. The van der Waals surface area contributed by atoms with Crippen molar-refractivity contribution < 1.29 is 14.3 Å². The van der Waals surface area contributed by atoms with E-state index in [4.69, 9.17) is 9.47 Å². The van der Waals surface area contributed by atoms with Crippen LogP contribution in [0.3, 0.4) is 0 Å². The third-order valence-electron chi connectivity index (χ3n) is 4.80. The number of Topliss-reactive ketones (excluding diaryl/α,β-unsaturated/α-hetero) is 1. The van der Waals surface area contributed by atoms with Crippen LogP contribution in [0.1, 0.15) is 41.8 Å². The largest absolute Gasteiger partial charge is 0.493 e. The molecule has 0 amide bonds. The van der Waals surface area contributed by atoms with Gasteiger partial charge in [-0.1, -0.05) is 74.5 Å². The number of hydrogen-bond acceptors (Lipinski definition) is 5. The van der Waals surface area contributed by atoms with Gasteiger partial charge in [0.15, 0.2) is 11.5 Å². The topological polar surface area (TPSA) is 60.2 Å².